The zero-order valence-corrected chi connectivity index (χ0v) is 22.0. The average molecular weight is 511 g/mol. The number of hydrogen-bond acceptors (Lipinski definition) is 4. The summed E-state index contributed by atoms with van der Waals surface area (Å²) in [7, 11) is 0. The lowest BCUT2D eigenvalue weighted by atomic mass is 9.86. The normalized spacial score (nSPS) is 18.6. The minimum Gasteiger partial charge on any atom is -0.479 e. The molecule has 0 spiro atoms. The van der Waals surface area contributed by atoms with E-state index in [-0.39, 0.29) is 12.1 Å². The molecule has 190 valence electrons. The number of carbonyl (C=O) groups excluding carboxylic acids is 1. The van der Waals surface area contributed by atoms with Gasteiger partial charge in [-0.2, -0.15) is 0 Å². The molecule has 5 rings (SSSR count). The van der Waals surface area contributed by atoms with Crippen molar-refractivity contribution in [3.8, 4) is 11.1 Å². The standard InChI is InChI=1S/C28H31ClN2O5/c1-15-13-20-22(17-8-10-18(29)11-9-17)21(25(26(32)33)36-28(3,4)5)16(2)23-24(20)30(15)14-19-7-6-12-35-27(34)31(19)23/h8-11,13,19,25H,6-7,12,14H2,1-5H3,(H,32,33)/t19-,25-/m0/s1. The van der Waals surface area contributed by atoms with Crippen molar-refractivity contribution in [1.29, 1.82) is 0 Å². The molecule has 36 heavy (non-hydrogen) atoms. The maximum atomic E-state index is 13.2. The van der Waals surface area contributed by atoms with E-state index in [0.29, 0.717) is 35.0 Å². The number of nitrogens with zero attached hydrogens (tertiary/aromatic N) is 2. The second-order valence-electron chi connectivity index (χ2n) is 10.7. The first-order valence-electron chi connectivity index (χ1n) is 12.3. The molecule has 1 amide bonds. The minimum atomic E-state index is -1.25. The molecule has 1 saturated heterocycles. The van der Waals surface area contributed by atoms with Crippen molar-refractivity contribution in [3.63, 3.8) is 0 Å². The lowest BCUT2D eigenvalue weighted by Gasteiger charge is -2.38. The molecule has 3 heterocycles. The van der Waals surface area contributed by atoms with Crippen LogP contribution in [0.15, 0.2) is 30.3 Å². The van der Waals surface area contributed by atoms with Crippen LogP contribution in [0.5, 0.6) is 0 Å². The van der Waals surface area contributed by atoms with Gasteiger partial charge in [0.05, 0.1) is 29.5 Å². The quantitative estimate of drug-likeness (QED) is 0.425. The summed E-state index contributed by atoms with van der Waals surface area (Å²) in [6.45, 7) is 10.5. The summed E-state index contributed by atoms with van der Waals surface area (Å²) in [6, 6.07) is 9.41. The maximum absolute atomic E-state index is 13.2. The Kier molecular flexibility index (Phi) is 6.04. The van der Waals surface area contributed by atoms with E-state index >= 15 is 0 Å². The summed E-state index contributed by atoms with van der Waals surface area (Å²) in [5.41, 5.74) is 4.81. The maximum Gasteiger partial charge on any atom is 0.414 e. The number of rotatable bonds is 4. The van der Waals surface area contributed by atoms with Gasteiger partial charge < -0.3 is 19.1 Å². The first-order valence-corrected chi connectivity index (χ1v) is 12.6. The van der Waals surface area contributed by atoms with E-state index < -0.39 is 17.7 Å². The lowest BCUT2D eigenvalue weighted by molar-refractivity contribution is -0.160. The van der Waals surface area contributed by atoms with Crippen molar-refractivity contribution in [2.24, 2.45) is 0 Å². The molecule has 0 unspecified atom stereocenters. The minimum absolute atomic E-state index is 0.0680. The fourth-order valence-electron chi connectivity index (χ4n) is 5.62. The van der Waals surface area contributed by atoms with Gasteiger partial charge in [-0.3, -0.25) is 4.90 Å². The van der Waals surface area contributed by atoms with Gasteiger partial charge in [-0.1, -0.05) is 23.7 Å². The molecule has 0 radical (unpaired) electrons. The molecule has 1 fully saturated rings. The van der Waals surface area contributed by atoms with Crippen LogP contribution < -0.4 is 4.90 Å². The van der Waals surface area contributed by atoms with Gasteiger partial charge >= 0.3 is 12.1 Å². The molecule has 8 heteroatoms. The van der Waals surface area contributed by atoms with Crippen LogP contribution in [0.4, 0.5) is 10.5 Å². The highest BCUT2D eigenvalue weighted by molar-refractivity contribution is 6.30. The van der Waals surface area contributed by atoms with Crippen molar-refractivity contribution in [3.05, 3.63) is 52.2 Å². The highest BCUT2D eigenvalue weighted by Gasteiger charge is 2.41. The van der Waals surface area contributed by atoms with E-state index in [4.69, 9.17) is 21.1 Å². The van der Waals surface area contributed by atoms with E-state index in [0.717, 1.165) is 40.6 Å². The van der Waals surface area contributed by atoms with Crippen LogP contribution >= 0.6 is 11.6 Å². The number of aliphatic carboxylic acids is 1. The first-order chi connectivity index (χ1) is 17.0. The van der Waals surface area contributed by atoms with E-state index in [1.54, 1.807) is 17.0 Å². The fourth-order valence-corrected chi connectivity index (χ4v) is 5.74. The summed E-state index contributed by atoms with van der Waals surface area (Å²) in [5.74, 6) is -1.09. The van der Waals surface area contributed by atoms with Crippen LogP contribution in [0.1, 0.15) is 56.5 Å². The lowest BCUT2D eigenvalue weighted by Crippen LogP contribution is -2.45. The van der Waals surface area contributed by atoms with Crippen LogP contribution in [0, 0.1) is 13.8 Å². The second-order valence-corrected chi connectivity index (χ2v) is 11.1. The van der Waals surface area contributed by atoms with Crippen LogP contribution in [0.2, 0.25) is 5.02 Å². The van der Waals surface area contributed by atoms with Gasteiger partial charge in [0.2, 0.25) is 0 Å². The van der Waals surface area contributed by atoms with Gasteiger partial charge in [-0.15, -0.1) is 0 Å². The van der Waals surface area contributed by atoms with E-state index in [9.17, 15) is 14.7 Å². The third-order valence-corrected chi connectivity index (χ3v) is 7.27. The van der Waals surface area contributed by atoms with E-state index in [1.165, 1.54) is 0 Å². The van der Waals surface area contributed by atoms with Crippen molar-refractivity contribution in [1.82, 2.24) is 4.57 Å². The highest BCUT2D eigenvalue weighted by Crippen LogP contribution is 2.49. The molecule has 2 aliphatic heterocycles. The number of fused-ring (bicyclic) bond motifs is 2. The van der Waals surface area contributed by atoms with Crippen molar-refractivity contribution >= 4 is 40.3 Å². The molecule has 0 bridgehead atoms. The van der Waals surface area contributed by atoms with E-state index in [2.05, 4.69) is 17.6 Å². The Bertz CT molecular complexity index is 1370. The van der Waals surface area contributed by atoms with Gasteiger partial charge in [-0.25, -0.2) is 9.59 Å². The molecule has 2 atom stereocenters. The number of aryl methyl sites for hydroxylation is 1. The summed E-state index contributed by atoms with van der Waals surface area (Å²) in [5, 5.41) is 11.9. The summed E-state index contributed by atoms with van der Waals surface area (Å²) in [6.07, 6.45) is -0.0475. The van der Waals surface area contributed by atoms with Crippen molar-refractivity contribution in [2.75, 3.05) is 11.5 Å². The van der Waals surface area contributed by atoms with Gasteiger partial charge in [0.15, 0.2) is 6.10 Å². The van der Waals surface area contributed by atoms with E-state index in [1.807, 2.05) is 39.8 Å². The summed E-state index contributed by atoms with van der Waals surface area (Å²) < 4.78 is 14.0. The number of halogens is 1. The number of hydrogen-bond donors (Lipinski definition) is 1. The van der Waals surface area contributed by atoms with Crippen LogP contribution in [0.25, 0.3) is 22.0 Å². The number of carbonyl (C=O) groups is 2. The molecule has 1 aromatic heterocycles. The predicted molar refractivity (Wildman–Crippen MR) is 140 cm³/mol. The number of carboxylic acid groups (broad SMARTS) is 1. The van der Waals surface area contributed by atoms with Gasteiger partial charge in [0.25, 0.3) is 0 Å². The fraction of sp³-hybridized carbons (Fsp3) is 0.429. The number of anilines is 1. The number of benzene rings is 2. The summed E-state index contributed by atoms with van der Waals surface area (Å²) in [4.78, 5) is 27.7. The molecule has 7 nitrogen and oxygen atoms in total. The number of amides is 1. The predicted octanol–water partition coefficient (Wildman–Crippen LogP) is 6.64. The zero-order chi connectivity index (χ0) is 25.9. The van der Waals surface area contributed by atoms with Gasteiger partial charge in [-0.05, 0) is 82.3 Å². The Hall–Kier alpha value is -3.03. The smallest absolute Gasteiger partial charge is 0.414 e. The Morgan fingerprint density at radius 2 is 1.92 bits per heavy atom. The highest BCUT2D eigenvalue weighted by atomic mass is 35.5. The average Bonchev–Trinajstić information content (AvgIpc) is 3.00. The Balaban J connectivity index is 1.91. The molecule has 0 aliphatic carbocycles. The topological polar surface area (TPSA) is 81.0 Å². The largest absolute Gasteiger partial charge is 0.479 e. The molecule has 0 saturated carbocycles. The Labute approximate surface area is 215 Å². The van der Waals surface area contributed by atoms with Gasteiger partial charge in [0, 0.05) is 28.2 Å². The molecular formula is C28H31ClN2O5. The van der Waals surface area contributed by atoms with Crippen LogP contribution in [-0.4, -0.2) is 40.0 Å². The number of ether oxygens (including phenoxy) is 2. The van der Waals surface area contributed by atoms with Crippen molar-refractivity contribution < 1.29 is 24.2 Å². The third-order valence-electron chi connectivity index (χ3n) is 7.02. The number of aromatic nitrogens is 1. The molecule has 2 aliphatic rings. The van der Waals surface area contributed by atoms with Crippen LogP contribution in [0.3, 0.4) is 0 Å². The molecule has 2 aromatic carbocycles. The monoisotopic (exact) mass is 510 g/mol. The third kappa shape index (κ3) is 4.04. The summed E-state index contributed by atoms with van der Waals surface area (Å²) >= 11 is 6.20. The molecule has 3 aromatic rings. The molecule has 1 N–H and O–H groups in total. The second kappa shape index (κ2) is 8.82. The Morgan fingerprint density at radius 3 is 2.56 bits per heavy atom. The zero-order valence-electron chi connectivity index (χ0n) is 21.2. The first kappa shape index (κ1) is 24.7. The molecular weight excluding hydrogens is 480 g/mol. The van der Waals surface area contributed by atoms with Crippen molar-refractivity contribution in [2.45, 2.75) is 71.8 Å². The number of carboxylic acids is 1. The Morgan fingerprint density at radius 1 is 1.22 bits per heavy atom. The van der Waals surface area contributed by atoms with Gasteiger partial charge in [0.1, 0.15) is 0 Å². The van der Waals surface area contributed by atoms with Crippen LogP contribution in [-0.2, 0) is 20.8 Å². The SMILES string of the molecule is Cc1c([C@H](OC(C)(C)C)C(=O)O)c(-c2ccc(Cl)cc2)c2cc(C)n3c2c1N1C(=O)OCCC[C@H]1C3. The number of cyclic esters (lactones) is 1.